The predicted octanol–water partition coefficient (Wildman–Crippen LogP) is 3.53. The Morgan fingerprint density at radius 2 is 1.43 bits per heavy atom. The van der Waals surface area contributed by atoms with Crippen LogP contribution in [0, 0.1) is 5.41 Å². The van der Waals surface area contributed by atoms with Crippen molar-refractivity contribution >= 4 is 11.8 Å². The highest BCUT2D eigenvalue weighted by Gasteiger charge is 2.44. The fourth-order valence-corrected chi connectivity index (χ4v) is 4.48. The van der Waals surface area contributed by atoms with Gasteiger partial charge in [-0.15, -0.1) is 0 Å². The smallest absolute Gasteiger partial charge is 0.243 e. The van der Waals surface area contributed by atoms with E-state index >= 15 is 0 Å². The average molecular weight is 399 g/mol. The molecule has 1 heterocycles. The SMILES string of the molecule is COC(C)(C)CC(C)(C)NC(=O)C1CCCN1C(=O)C(C)(C)CC(C)(C)OC. The fraction of sp³-hybridized carbons (Fsp3) is 0.909. The van der Waals surface area contributed by atoms with Crippen molar-refractivity contribution in [3.05, 3.63) is 0 Å². The van der Waals surface area contributed by atoms with E-state index in [-0.39, 0.29) is 17.4 Å². The zero-order valence-electron chi connectivity index (χ0n) is 19.7. The van der Waals surface area contributed by atoms with Crippen LogP contribution in [0.2, 0.25) is 0 Å². The van der Waals surface area contributed by atoms with Crippen molar-refractivity contribution in [1.82, 2.24) is 10.2 Å². The zero-order chi connectivity index (χ0) is 22.0. The van der Waals surface area contributed by atoms with E-state index in [1.807, 2.05) is 55.4 Å². The Balaban J connectivity index is 2.88. The standard InChI is InChI=1S/C22H42N2O4/c1-19(2,14-21(5,6)27-9)18(26)24-13-11-12-16(24)17(25)23-20(3,4)15-22(7,8)28-10/h16H,11-15H2,1-10H3,(H,23,25). The molecular formula is C22H42N2O4. The van der Waals surface area contributed by atoms with Crippen LogP contribution in [0.5, 0.6) is 0 Å². The summed E-state index contributed by atoms with van der Waals surface area (Å²) in [4.78, 5) is 28.1. The van der Waals surface area contributed by atoms with Crippen LogP contribution in [0.3, 0.4) is 0 Å². The number of hydrogen-bond donors (Lipinski definition) is 1. The Kier molecular flexibility index (Phi) is 7.74. The monoisotopic (exact) mass is 398 g/mol. The number of likely N-dealkylation sites (tertiary alicyclic amines) is 1. The second kappa shape index (κ2) is 8.70. The summed E-state index contributed by atoms with van der Waals surface area (Å²) in [5, 5.41) is 3.15. The number of hydrogen-bond acceptors (Lipinski definition) is 4. The van der Waals surface area contributed by atoms with E-state index < -0.39 is 22.6 Å². The molecule has 6 nitrogen and oxygen atoms in total. The lowest BCUT2D eigenvalue weighted by molar-refractivity contribution is -0.149. The lowest BCUT2D eigenvalue weighted by atomic mass is 9.80. The molecule has 0 aromatic carbocycles. The topological polar surface area (TPSA) is 67.9 Å². The van der Waals surface area contributed by atoms with Gasteiger partial charge in [-0.05, 0) is 67.2 Å². The molecule has 0 aromatic rings. The molecule has 0 aromatic heterocycles. The van der Waals surface area contributed by atoms with Gasteiger partial charge in [-0.1, -0.05) is 13.8 Å². The van der Waals surface area contributed by atoms with Crippen LogP contribution in [0.25, 0.3) is 0 Å². The van der Waals surface area contributed by atoms with Gasteiger partial charge in [-0.3, -0.25) is 9.59 Å². The highest BCUT2D eigenvalue weighted by Crippen LogP contribution is 2.34. The van der Waals surface area contributed by atoms with Gasteiger partial charge in [0.05, 0.1) is 11.2 Å². The average Bonchev–Trinajstić information content (AvgIpc) is 3.01. The number of nitrogens with one attached hydrogen (secondary N) is 1. The first kappa shape index (κ1) is 24.9. The van der Waals surface area contributed by atoms with Gasteiger partial charge < -0.3 is 19.7 Å². The first-order valence-corrected chi connectivity index (χ1v) is 10.3. The highest BCUT2D eigenvalue weighted by molar-refractivity contribution is 5.90. The fourth-order valence-electron chi connectivity index (χ4n) is 4.48. The van der Waals surface area contributed by atoms with E-state index in [9.17, 15) is 9.59 Å². The summed E-state index contributed by atoms with van der Waals surface area (Å²) in [6.45, 7) is 16.5. The molecular weight excluding hydrogens is 356 g/mol. The van der Waals surface area contributed by atoms with E-state index in [1.165, 1.54) is 0 Å². The van der Waals surface area contributed by atoms with Gasteiger partial charge in [-0.2, -0.15) is 0 Å². The van der Waals surface area contributed by atoms with Crippen LogP contribution in [0.15, 0.2) is 0 Å². The van der Waals surface area contributed by atoms with Crippen molar-refractivity contribution in [3.8, 4) is 0 Å². The lowest BCUT2D eigenvalue weighted by Crippen LogP contribution is -2.56. The molecule has 0 bridgehead atoms. The first-order valence-electron chi connectivity index (χ1n) is 10.3. The summed E-state index contributed by atoms with van der Waals surface area (Å²) in [5.41, 5.74) is -1.77. The summed E-state index contributed by atoms with van der Waals surface area (Å²) in [7, 11) is 3.34. The maximum Gasteiger partial charge on any atom is 0.243 e. The van der Waals surface area contributed by atoms with Gasteiger partial charge in [0.1, 0.15) is 6.04 Å². The molecule has 1 aliphatic rings. The van der Waals surface area contributed by atoms with Crippen LogP contribution >= 0.6 is 0 Å². The van der Waals surface area contributed by atoms with Crippen molar-refractivity contribution in [2.75, 3.05) is 20.8 Å². The molecule has 0 spiro atoms. The third-order valence-electron chi connectivity index (χ3n) is 5.70. The third-order valence-corrected chi connectivity index (χ3v) is 5.70. The van der Waals surface area contributed by atoms with Crippen LogP contribution in [-0.2, 0) is 19.1 Å². The third kappa shape index (κ3) is 6.73. The van der Waals surface area contributed by atoms with Gasteiger partial charge in [0.15, 0.2) is 0 Å². The van der Waals surface area contributed by atoms with Crippen molar-refractivity contribution in [3.63, 3.8) is 0 Å². The number of rotatable bonds is 9. The number of carbonyl (C=O) groups excluding carboxylic acids is 2. The van der Waals surface area contributed by atoms with Crippen LogP contribution in [0.4, 0.5) is 0 Å². The van der Waals surface area contributed by atoms with E-state index in [4.69, 9.17) is 9.47 Å². The minimum Gasteiger partial charge on any atom is -0.379 e. The van der Waals surface area contributed by atoms with Gasteiger partial charge in [0, 0.05) is 31.7 Å². The minimum absolute atomic E-state index is 0.0188. The van der Waals surface area contributed by atoms with Gasteiger partial charge in [0.25, 0.3) is 0 Å². The molecule has 1 unspecified atom stereocenters. The molecule has 0 saturated carbocycles. The molecule has 164 valence electrons. The minimum atomic E-state index is -0.601. The molecule has 1 fully saturated rings. The largest absolute Gasteiger partial charge is 0.379 e. The summed E-state index contributed by atoms with van der Waals surface area (Å²) in [5.74, 6) is -0.0603. The second-order valence-corrected chi connectivity index (χ2v) is 10.7. The van der Waals surface area contributed by atoms with Crippen molar-refractivity contribution in [2.24, 2.45) is 5.41 Å². The summed E-state index contributed by atoms with van der Waals surface area (Å²) in [6, 6.07) is -0.414. The Bertz CT molecular complexity index is 567. The quantitative estimate of drug-likeness (QED) is 0.645. The molecule has 28 heavy (non-hydrogen) atoms. The molecule has 2 amide bonds. The summed E-state index contributed by atoms with van der Waals surface area (Å²) >= 11 is 0. The van der Waals surface area contributed by atoms with Gasteiger partial charge in [-0.25, -0.2) is 0 Å². The highest BCUT2D eigenvalue weighted by atomic mass is 16.5. The van der Waals surface area contributed by atoms with Crippen molar-refractivity contribution in [2.45, 2.75) is 104 Å². The number of amides is 2. The van der Waals surface area contributed by atoms with E-state index in [1.54, 1.807) is 19.1 Å². The Hall–Kier alpha value is -1.14. The Labute approximate surface area is 171 Å². The van der Waals surface area contributed by atoms with Crippen molar-refractivity contribution in [1.29, 1.82) is 0 Å². The molecule has 0 radical (unpaired) electrons. The molecule has 1 aliphatic heterocycles. The van der Waals surface area contributed by atoms with Crippen LogP contribution < -0.4 is 5.32 Å². The number of ether oxygens (including phenoxy) is 2. The number of carbonyl (C=O) groups is 2. The van der Waals surface area contributed by atoms with E-state index in [2.05, 4.69) is 5.32 Å². The Morgan fingerprint density at radius 1 is 0.929 bits per heavy atom. The maximum absolute atomic E-state index is 13.3. The molecule has 1 saturated heterocycles. The summed E-state index contributed by atoms with van der Waals surface area (Å²) < 4.78 is 11.0. The van der Waals surface area contributed by atoms with Crippen molar-refractivity contribution < 1.29 is 19.1 Å². The second-order valence-electron chi connectivity index (χ2n) is 10.7. The molecule has 1 N–H and O–H groups in total. The lowest BCUT2D eigenvalue weighted by Gasteiger charge is -2.39. The predicted molar refractivity (Wildman–Crippen MR) is 112 cm³/mol. The number of nitrogens with zero attached hydrogens (tertiary/aromatic N) is 1. The van der Waals surface area contributed by atoms with Gasteiger partial charge >= 0.3 is 0 Å². The maximum atomic E-state index is 13.3. The van der Waals surface area contributed by atoms with Crippen LogP contribution in [-0.4, -0.2) is 60.3 Å². The molecule has 0 aliphatic carbocycles. The van der Waals surface area contributed by atoms with E-state index in [0.29, 0.717) is 25.8 Å². The van der Waals surface area contributed by atoms with Crippen LogP contribution in [0.1, 0.15) is 81.1 Å². The first-order chi connectivity index (χ1) is 12.6. The summed E-state index contributed by atoms with van der Waals surface area (Å²) in [6.07, 6.45) is 2.81. The zero-order valence-corrected chi connectivity index (χ0v) is 19.7. The van der Waals surface area contributed by atoms with Gasteiger partial charge in [0.2, 0.25) is 11.8 Å². The number of methoxy groups -OCH3 is 2. The Morgan fingerprint density at radius 3 is 1.93 bits per heavy atom. The molecule has 1 atom stereocenters. The molecule has 1 rings (SSSR count). The van der Waals surface area contributed by atoms with E-state index in [0.717, 1.165) is 6.42 Å². The normalized spacial score (nSPS) is 19.1. The molecule has 6 heteroatoms.